The maximum absolute atomic E-state index is 4.81. The molecule has 0 saturated carbocycles. The molecule has 1 heterocycles. The fraction of sp³-hybridized carbons (Fsp3) is 0.667. The average molecular weight is 487 g/mol. The van der Waals surface area contributed by atoms with Gasteiger partial charge in [0.1, 0.15) is 0 Å². The van der Waals surface area contributed by atoms with Crippen molar-refractivity contribution in [2.75, 3.05) is 33.7 Å². The topological polar surface area (TPSA) is 42.9 Å². The first-order chi connectivity index (χ1) is 12.4. The number of nitrogens with one attached hydrogen (secondary N) is 2. The van der Waals surface area contributed by atoms with Gasteiger partial charge in [-0.2, -0.15) is 0 Å². The molecular weight excluding hydrogens is 449 g/mol. The van der Waals surface area contributed by atoms with E-state index in [0.29, 0.717) is 24.5 Å². The van der Waals surface area contributed by atoms with Gasteiger partial charge in [0.25, 0.3) is 0 Å². The number of likely N-dealkylation sites (tertiary alicyclic amines) is 1. The highest BCUT2D eigenvalue weighted by molar-refractivity contribution is 14.0. The molecule has 2 rings (SSSR count). The van der Waals surface area contributed by atoms with E-state index >= 15 is 0 Å². The monoisotopic (exact) mass is 487 g/mol. The molecule has 1 saturated heterocycles. The molecule has 0 aromatic heterocycles. The van der Waals surface area contributed by atoms with Crippen molar-refractivity contribution in [1.29, 1.82) is 0 Å². The van der Waals surface area contributed by atoms with Crippen molar-refractivity contribution in [3.05, 3.63) is 35.4 Å². The van der Waals surface area contributed by atoms with Gasteiger partial charge < -0.3 is 15.5 Å². The van der Waals surface area contributed by atoms with Crippen molar-refractivity contribution in [3.63, 3.8) is 0 Å². The van der Waals surface area contributed by atoms with Gasteiger partial charge in [-0.25, -0.2) is 4.99 Å². The van der Waals surface area contributed by atoms with E-state index in [1.165, 1.54) is 11.1 Å². The molecule has 1 aliphatic heterocycles. The van der Waals surface area contributed by atoms with E-state index < -0.39 is 0 Å². The molecule has 1 fully saturated rings. The van der Waals surface area contributed by atoms with Crippen molar-refractivity contribution in [1.82, 2.24) is 20.4 Å². The van der Waals surface area contributed by atoms with Crippen LogP contribution in [0.4, 0.5) is 0 Å². The molecule has 0 aliphatic carbocycles. The molecule has 0 radical (unpaired) electrons. The van der Waals surface area contributed by atoms with E-state index in [0.717, 1.165) is 32.1 Å². The molecule has 6 heteroatoms. The molecule has 2 N–H and O–H groups in total. The van der Waals surface area contributed by atoms with Crippen LogP contribution in [0.5, 0.6) is 0 Å². The molecule has 154 valence electrons. The smallest absolute Gasteiger partial charge is 0.191 e. The van der Waals surface area contributed by atoms with E-state index in [4.69, 9.17) is 4.99 Å². The first kappa shape index (κ1) is 24.2. The van der Waals surface area contributed by atoms with E-state index in [1.54, 1.807) is 0 Å². The Kier molecular flexibility index (Phi) is 10.6. The standard InChI is InChI=1S/C21H37N5.HI/c1-7-22-21(24-20-15-26(16(2)3)13-17(20)4)23-12-18-8-10-19(11-9-18)14-25(5)6;/h8-11,16-17,20H,7,12-15H2,1-6H3,(H2,22,23,24);1H. The van der Waals surface area contributed by atoms with Crippen LogP contribution in [0.25, 0.3) is 0 Å². The Morgan fingerprint density at radius 2 is 1.81 bits per heavy atom. The fourth-order valence-corrected chi connectivity index (χ4v) is 3.40. The minimum atomic E-state index is 0. The SMILES string of the molecule is CCNC(=NCc1ccc(CN(C)C)cc1)NC1CN(C(C)C)CC1C.I. The second-order valence-corrected chi connectivity index (χ2v) is 8.03. The second kappa shape index (κ2) is 11.9. The molecule has 1 aromatic rings. The minimum absolute atomic E-state index is 0. The zero-order valence-corrected chi connectivity index (χ0v) is 20.2. The van der Waals surface area contributed by atoms with Crippen LogP contribution < -0.4 is 10.6 Å². The maximum Gasteiger partial charge on any atom is 0.191 e. The normalized spacial score (nSPS) is 20.8. The summed E-state index contributed by atoms with van der Waals surface area (Å²) < 4.78 is 0. The van der Waals surface area contributed by atoms with Crippen molar-refractivity contribution < 1.29 is 0 Å². The van der Waals surface area contributed by atoms with Crippen molar-refractivity contribution in [2.24, 2.45) is 10.9 Å². The summed E-state index contributed by atoms with van der Waals surface area (Å²) in [4.78, 5) is 9.53. The summed E-state index contributed by atoms with van der Waals surface area (Å²) in [5, 5.41) is 7.05. The van der Waals surface area contributed by atoms with Gasteiger partial charge in [-0.3, -0.25) is 4.90 Å². The van der Waals surface area contributed by atoms with Crippen LogP contribution in [0.1, 0.15) is 38.8 Å². The molecular formula is C21H38IN5. The number of guanidine groups is 1. The third kappa shape index (κ3) is 7.95. The summed E-state index contributed by atoms with van der Waals surface area (Å²) in [5.41, 5.74) is 2.58. The Morgan fingerprint density at radius 3 is 2.33 bits per heavy atom. The zero-order chi connectivity index (χ0) is 19.1. The van der Waals surface area contributed by atoms with Crippen LogP contribution in [-0.4, -0.2) is 61.6 Å². The lowest BCUT2D eigenvalue weighted by Crippen LogP contribution is -2.46. The summed E-state index contributed by atoms with van der Waals surface area (Å²) in [6, 6.07) is 9.83. The summed E-state index contributed by atoms with van der Waals surface area (Å²) in [5.74, 6) is 1.55. The number of benzene rings is 1. The molecule has 5 nitrogen and oxygen atoms in total. The number of nitrogens with zero attached hydrogens (tertiary/aromatic N) is 3. The lowest BCUT2D eigenvalue weighted by atomic mass is 10.1. The van der Waals surface area contributed by atoms with Gasteiger partial charge in [0, 0.05) is 38.3 Å². The third-order valence-corrected chi connectivity index (χ3v) is 4.98. The highest BCUT2D eigenvalue weighted by Gasteiger charge is 2.31. The van der Waals surface area contributed by atoms with Gasteiger partial charge in [-0.15, -0.1) is 24.0 Å². The van der Waals surface area contributed by atoms with Crippen LogP contribution in [0.3, 0.4) is 0 Å². The lowest BCUT2D eigenvalue weighted by Gasteiger charge is -2.22. The van der Waals surface area contributed by atoms with E-state index in [9.17, 15) is 0 Å². The number of hydrogen-bond donors (Lipinski definition) is 2. The number of rotatable bonds is 7. The Morgan fingerprint density at radius 1 is 1.19 bits per heavy atom. The third-order valence-electron chi connectivity index (χ3n) is 4.98. The summed E-state index contributed by atoms with van der Waals surface area (Å²) in [6.45, 7) is 13.8. The van der Waals surface area contributed by atoms with E-state index in [1.807, 2.05) is 0 Å². The van der Waals surface area contributed by atoms with Gasteiger partial charge in [-0.05, 0) is 51.9 Å². The lowest BCUT2D eigenvalue weighted by molar-refractivity contribution is 0.265. The predicted octanol–water partition coefficient (Wildman–Crippen LogP) is 3.15. The first-order valence-electron chi connectivity index (χ1n) is 9.90. The van der Waals surface area contributed by atoms with Gasteiger partial charge in [-0.1, -0.05) is 31.2 Å². The second-order valence-electron chi connectivity index (χ2n) is 8.03. The quantitative estimate of drug-likeness (QED) is 0.353. The van der Waals surface area contributed by atoms with Crippen molar-refractivity contribution in [2.45, 2.75) is 52.9 Å². The van der Waals surface area contributed by atoms with Gasteiger partial charge in [0.15, 0.2) is 5.96 Å². The number of aliphatic imine (C=N–C) groups is 1. The van der Waals surface area contributed by atoms with Crippen molar-refractivity contribution >= 4 is 29.9 Å². The molecule has 1 aliphatic rings. The minimum Gasteiger partial charge on any atom is -0.357 e. The molecule has 27 heavy (non-hydrogen) atoms. The Balaban J connectivity index is 0.00000364. The van der Waals surface area contributed by atoms with Gasteiger partial charge >= 0.3 is 0 Å². The first-order valence-corrected chi connectivity index (χ1v) is 9.90. The zero-order valence-electron chi connectivity index (χ0n) is 17.8. The largest absolute Gasteiger partial charge is 0.357 e. The summed E-state index contributed by atoms with van der Waals surface area (Å²) >= 11 is 0. The van der Waals surface area contributed by atoms with Crippen LogP contribution >= 0.6 is 24.0 Å². The maximum atomic E-state index is 4.81. The van der Waals surface area contributed by atoms with Crippen LogP contribution in [-0.2, 0) is 13.1 Å². The summed E-state index contributed by atoms with van der Waals surface area (Å²) in [7, 11) is 4.19. The van der Waals surface area contributed by atoms with Crippen molar-refractivity contribution in [3.8, 4) is 0 Å². The Hall–Kier alpha value is -0.860. The molecule has 2 unspecified atom stereocenters. The highest BCUT2D eigenvalue weighted by atomic mass is 127. The highest BCUT2D eigenvalue weighted by Crippen LogP contribution is 2.18. The molecule has 0 bridgehead atoms. The van der Waals surface area contributed by atoms with Crippen LogP contribution in [0.15, 0.2) is 29.3 Å². The molecule has 0 amide bonds. The number of halogens is 1. The van der Waals surface area contributed by atoms with Gasteiger partial charge in [0.05, 0.1) is 6.54 Å². The molecule has 1 aromatic carbocycles. The predicted molar refractivity (Wildman–Crippen MR) is 127 cm³/mol. The van der Waals surface area contributed by atoms with Crippen LogP contribution in [0.2, 0.25) is 0 Å². The Labute approximate surface area is 183 Å². The van der Waals surface area contributed by atoms with E-state index in [-0.39, 0.29) is 24.0 Å². The molecule has 2 atom stereocenters. The Bertz CT molecular complexity index is 570. The summed E-state index contributed by atoms with van der Waals surface area (Å²) in [6.07, 6.45) is 0. The molecule has 0 spiro atoms. The number of hydrogen-bond acceptors (Lipinski definition) is 3. The fourth-order valence-electron chi connectivity index (χ4n) is 3.40. The van der Waals surface area contributed by atoms with Crippen LogP contribution in [0, 0.1) is 5.92 Å². The average Bonchev–Trinajstić information content (AvgIpc) is 2.95. The van der Waals surface area contributed by atoms with E-state index in [2.05, 4.69) is 86.5 Å². The van der Waals surface area contributed by atoms with Gasteiger partial charge in [0.2, 0.25) is 0 Å².